The Morgan fingerprint density at radius 1 is 1.40 bits per heavy atom. The Hall–Kier alpha value is -0.870. The van der Waals surface area contributed by atoms with Crippen molar-refractivity contribution in [2.24, 2.45) is 0 Å². The molecular weight excluding hydrogens is 272 g/mol. The quantitative estimate of drug-likeness (QED) is 0.917. The fourth-order valence-corrected chi connectivity index (χ4v) is 2.71. The fraction of sp³-hybridized carbons (Fsp3) is 0.182. The summed E-state index contributed by atoms with van der Waals surface area (Å²) in [5.74, 6) is 0. The van der Waals surface area contributed by atoms with Crippen LogP contribution in [0, 0.1) is 6.92 Å². The van der Waals surface area contributed by atoms with Gasteiger partial charge < -0.3 is 5.73 Å². The number of aromatic nitrogens is 1. The molecule has 2 rings (SSSR count). The molecule has 1 aromatic heterocycles. The van der Waals surface area contributed by atoms with Crippen LogP contribution in [0.25, 0.3) is 0 Å². The molecule has 2 aromatic rings. The maximum atomic E-state index is 5.67. The lowest BCUT2D eigenvalue weighted by atomic mass is 10.1. The van der Waals surface area contributed by atoms with Crippen LogP contribution in [0.4, 0.5) is 5.13 Å². The summed E-state index contributed by atoms with van der Waals surface area (Å²) in [6.45, 7) is 2.00. The molecule has 0 aliphatic carbocycles. The largest absolute Gasteiger partial charge is 0.375 e. The molecule has 0 radical (unpaired) electrons. The molecule has 0 aliphatic heterocycles. The van der Waals surface area contributed by atoms with Gasteiger partial charge >= 0.3 is 0 Å². The van der Waals surface area contributed by atoms with Gasteiger partial charge in [-0.3, -0.25) is 0 Å². The number of halogens is 1. The zero-order chi connectivity index (χ0) is 10.8. The number of anilines is 1. The van der Waals surface area contributed by atoms with E-state index in [9.17, 15) is 0 Å². The molecule has 2 N–H and O–H groups in total. The number of nitrogens with two attached hydrogens (primary N) is 1. The Morgan fingerprint density at radius 2 is 2.13 bits per heavy atom. The highest BCUT2D eigenvalue weighted by atomic mass is 79.9. The van der Waals surface area contributed by atoms with Gasteiger partial charge in [-0.25, -0.2) is 4.98 Å². The van der Waals surface area contributed by atoms with E-state index in [1.807, 2.05) is 19.1 Å². The van der Waals surface area contributed by atoms with E-state index in [2.05, 4.69) is 33.0 Å². The smallest absolute Gasteiger partial charge is 0.180 e. The van der Waals surface area contributed by atoms with E-state index in [1.54, 1.807) is 11.3 Å². The molecule has 2 nitrogen and oxygen atoms in total. The van der Waals surface area contributed by atoms with E-state index in [4.69, 9.17) is 5.73 Å². The minimum absolute atomic E-state index is 0.648. The zero-order valence-corrected chi connectivity index (χ0v) is 10.7. The van der Waals surface area contributed by atoms with Crippen molar-refractivity contribution in [1.82, 2.24) is 4.98 Å². The number of hydrogen-bond acceptors (Lipinski definition) is 3. The average molecular weight is 283 g/mol. The second kappa shape index (κ2) is 4.33. The predicted octanol–water partition coefficient (Wildman–Crippen LogP) is 3.39. The topological polar surface area (TPSA) is 38.9 Å². The first-order valence-corrected chi connectivity index (χ1v) is 6.23. The molecule has 1 aromatic carbocycles. The summed E-state index contributed by atoms with van der Waals surface area (Å²) in [7, 11) is 0. The lowest BCUT2D eigenvalue weighted by Gasteiger charge is -2.02. The predicted molar refractivity (Wildman–Crippen MR) is 68.2 cm³/mol. The van der Waals surface area contributed by atoms with Gasteiger partial charge in [0.05, 0.1) is 5.69 Å². The van der Waals surface area contributed by atoms with Gasteiger partial charge in [-0.05, 0) is 18.6 Å². The Morgan fingerprint density at radius 3 is 2.73 bits per heavy atom. The van der Waals surface area contributed by atoms with E-state index in [1.165, 1.54) is 10.4 Å². The Labute approximate surface area is 101 Å². The first-order chi connectivity index (χ1) is 7.16. The van der Waals surface area contributed by atoms with Crippen molar-refractivity contribution >= 4 is 32.4 Å². The van der Waals surface area contributed by atoms with Crippen LogP contribution in [0.5, 0.6) is 0 Å². The number of aryl methyl sites for hydroxylation is 1. The number of hydrogen-bond donors (Lipinski definition) is 1. The number of rotatable bonds is 2. The Balaban J connectivity index is 2.29. The van der Waals surface area contributed by atoms with Gasteiger partial charge in [-0.2, -0.15) is 0 Å². The van der Waals surface area contributed by atoms with Crippen molar-refractivity contribution in [1.29, 1.82) is 0 Å². The fourth-order valence-electron chi connectivity index (χ4n) is 1.43. The third-order valence-electron chi connectivity index (χ3n) is 2.22. The number of benzene rings is 1. The number of nitrogens with zero attached hydrogens (tertiary/aromatic N) is 1. The van der Waals surface area contributed by atoms with Gasteiger partial charge in [0, 0.05) is 15.8 Å². The number of thiazole rings is 1. The van der Waals surface area contributed by atoms with Gasteiger partial charge in [0.25, 0.3) is 0 Å². The molecule has 0 aliphatic rings. The third-order valence-corrected chi connectivity index (χ3v) is 3.98. The molecule has 1 heterocycles. The molecule has 0 saturated carbocycles. The van der Waals surface area contributed by atoms with E-state index in [0.29, 0.717) is 5.13 Å². The molecule has 78 valence electrons. The average Bonchev–Trinajstić information content (AvgIpc) is 2.49. The normalized spacial score (nSPS) is 10.5. The summed E-state index contributed by atoms with van der Waals surface area (Å²) in [4.78, 5) is 5.45. The van der Waals surface area contributed by atoms with Crippen molar-refractivity contribution in [3.8, 4) is 0 Å². The maximum absolute atomic E-state index is 5.67. The summed E-state index contributed by atoms with van der Waals surface area (Å²) in [6, 6.07) is 8.22. The van der Waals surface area contributed by atoms with Crippen molar-refractivity contribution < 1.29 is 0 Å². The molecule has 0 saturated heterocycles. The Bertz CT molecular complexity index is 479. The second-order valence-corrected chi connectivity index (χ2v) is 5.30. The third kappa shape index (κ3) is 2.38. The molecule has 15 heavy (non-hydrogen) atoms. The van der Waals surface area contributed by atoms with Gasteiger partial charge in [0.15, 0.2) is 5.13 Å². The highest BCUT2D eigenvalue weighted by Gasteiger charge is 2.07. The minimum atomic E-state index is 0.648. The zero-order valence-electron chi connectivity index (χ0n) is 8.33. The van der Waals surface area contributed by atoms with Crippen LogP contribution in [-0.4, -0.2) is 4.98 Å². The summed E-state index contributed by atoms with van der Waals surface area (Å²) < 4.78 is 1.14. The minimum Gasteiger partial charge on any atom is -0.375 e. The SMILES string of the molecule is Cc1nc(N)sc1Cc1ccccc1Br. The lowest BCUT2D eigenvalue weighted by molar-refractivity contribution is 1.14. The lowest BCUT2D eigenvalue weighted by Crippen LogP contribution is -1.88. The highest BCUT2D eigenvalue weighted by molar-refractivity contribution is 9.10. The van der Waals surface area contributed by atoms with Crippen molar-refractivity contribution in [3.05, 3.63) is 44.9 Å². The molecule has 0 unspecified atom stereocenters. The highest BCUT2D eigenvalue weighted by Crippen LogP contribution is 2.26. The molecule has 0 fully saturated rings. The van der Waals surface area contributed by atoms with E-state index >= 15 is 0 Å². The molecule has 0 bridgehead atoms. The summed E-state index contributed by atoms with van der Waals surface area (Å²) >= 11 is 5.10. The van der Waals surface area contributed by atoms with Gasteiger partial charge in [0.1, 0.15) is 0 Å². The summed E-state index contributed by atoms with van der Waals surface area (Å²) in [5.41, 5.74) is 7.97. The molecule has 0 spiro atoms. The summed E-state index contributed by atoms with van der Waals surface area (Å²) in [5, 5.41) is 0.648. The second-order valence-electron chi connectivity index (χ2n) is 3.33. The standard InChI is InChI=1S/C11H11BrN2S/c1-7-10(15-11(13)14-7)6-8-4-2-3-5-9(8)12/h2-5H,6H2,1H3,(H2,13,14). The summed E-state index contributed by atoms with van der Waals surface area (Å²) in [6.07, 6.45) is 0.891. The van der Waals surface area contributed by atoms with Crippen molar-refractivity contribution in [3.63, 3.8) is 0 Å². The molecule has 4 heteroatoms. The van der Waals surface area contributed by atoms with Crippen molar-refractivity contribution in [2.45, 2.75) is 13.3 Å². The molecular formula is C11H11BrN2S. The first-order valence-electron chi connectivity index (χ1n) is 4.62. The Kier molecular flexibility index (Phi) is 3.07. The van der Waals surface area contributed by atoms with Gasteiger partial charge in [-0.15, -0.1) is 11.3 Å². The molecule has 0 atom stereocenters. The van der Waals surface area contributed by atoms with Gasteiger partial charge in [-0.1, -0.05) is 34.1 Å². The van der Waals surface area contributed by atoms with E-state index < -0.39 is 0 Å². The van der Waals surface area contributed by atoms with E-state index in [0.717, 1.165) is 16.6 Å². The first kappa shape index (κ1) is 10.6. The van der Waals surface area contributed by atoms with Gasteiger partial charge in [0.2, 0.25) is 0 Å². The van der Waals surface area contributed by atoms with Crippen LogP contribution < -0.4 is 5.73 Å². The monoisotopic (exact) mass is 282 g/mol. The van der Waals surface area contributed by atoms with Crippen LogP contribution in [0.15, 0.2) is 28.7 Å². The van der Waals surface area contributed by atoms with E-state index in [-0.39, 0.29) is 0 Å². The van der Waals surface area contributed by atoms with Crippen LogP contribution >= 0.6 is 27.3 Å². The molecule has 0 amide bonds. The van der Waals surface area contributed by atoms with Crippen molar-refractivity contribution in [2.75, 3.05) is 5.73 Å². The van der Waals surface area contributed by atoms with Crippen LogP contribution in [0.2, 0.25) is 0 Å². The van der Waals surface area contributed by atoms with Crippen LogP contribution in [-0.2, 0) is 6.42 Å². The van der Waals surface area contributed by atoms with Crippen LogP contribution in [0.1, 0.15) is 16.1 Å². The maximum Gasteiger partial charge on any atom is 0.180 e. The van der Waals surface area contributed by atoms with Crippen LogP contribution in [0.3, 0.4) is 0 Å². The number of nitrogen functional groups attached to an aromatic ring is 1.